The number of hydrogen-bond acceptors (Lipinski definition) is 4. The lowest BCUT2D eigenvalue weighted by atomic mass is 10.2. The summed E-state index contributed by atoms with van der Waals surface area (Å²) in [6.07, 6.45) is 0. The van der Waals surface area contributed by atoms with Crippen LogP contribution < -0.4 is 0 Å². The van der Waals surface area contributed by atoms with Gasteiger partial charge in [0.25, 0.3) is 0 Å². The fraction of sp³-hybridized carbons (Fsp3) is 0.889. The predicted octanol–water partition coefficient (Wildman–Crippen LogP) is 0.236. The monoisotopic (exact) mass is 182 g/mol. The first kappa shape index (κ1) is 7.76. The van der Waals surface area contributed by atoms with Crippen LogP contribution in [0.2, 0.25) is 0 Å². The van der Waals surface area contributed by atoms with Crippen molar-refractivity contribution in [2.45, 2.75) is 25.2 Å². The van der Waals surface area contributed by atoms with Gasteiger partial charge in [-0.2, -0.15) is 0 Å². The molecule has 0 atom stereocenters. The van der Waals surface area contributed by atoms with E-state index in [1.807, 2.05) is 0 Å². The van der Waals surface area contributed by atoms with Crippen LogP contribution in [0.4, 0.5) is 0 Å². The van der Waals surface area contributed by atoms with Gasteiger partial charge in [0.2, 0.25) is 5.79 Å². The highest BCUT2D eigenvalue weighted by Gasteiger charge is 2.58. The van der Waals surface area contributed by atoms with E-state index in [9.17, 15) is 0 Å². The minimum Gasteiger partial charge on any atom is -0.344 e. The van der Waals surface area contributed by atoms with E-state index in [0.717, 1.165) is 6.54 Å². The molecule has 2 saturated heterocycles. The molecule has 72 valence electrons. The Balaban J connectivity index is 1.84. The van der Waals surface area contributed by atoms with Crippen LogP contribution in [0.5, 0.6) is 0 Å². The van der Waals surface area contributed by atoms with Gasteiger partial charge in [-0.15, -0.1) is 0 Å². The largest absolute Gasteiger partial charge is 0.344 e. The van der Waals surface area contributed by atoms with Gasteiger partial charge in [0, 0.05) is 0 Å². The molecule has 0 unspecified atom stereocenters. The number of hydrogen-bond donors (Lipinski definition) is 0. The maximum atomic E-state index is 5.60. The molecule has 0 bridgehead atoms. The molecule has 0 radical (unpaired) electrons. The summed E-state index contributed by atoms with van der Waals surface area (Å²) in [5.74, 6) is 0.786. The molecule has 0 saturated carbocycles. The molecule has 0 aromatic carbocycles. The number of rotatable bonds is 0. The van der Waals surface area contributed by atoms with Crippen molar-refractivity contribution in [2.75, 3.05) is 26.3 Å². The molecule has 0 amide bonds. The van der Waals surface area contributed by atoms with Crippen molar-refractivity contribution in [3.05, 3.63) is 0 Å². The van der Waals surface area contributed by atoms with Gasteiger partial charge >= 0.3 is 0 Å². The number of amidine groups is 1. The molecule has 3 rings (SSSR count). The van der Waals surface area contributed by atoms with Gasteiger partial charge in [-0.3, -0.25) is 4.99 Å². The second-order valence-electron chi connectivity index (χ2n) is 4.39. The Hall–Kier alpha value is -0.610. The number of ether oxygens (including phenoxy) is 2. The van der Waals surface area contributed by atoms with Gasteiger partial charge in [0.1, 0.15) is 5.84 Å². The van der Waals surface area contributed by atoms with E-state index in [4.69, 9.17) is 9.47 Å². The molecule has 4 heteroatoms. The first-order valence-corrected chi connectivity index (χ1v) is 4.75. The molecule has 0 N–H and O–H groups in total. The first-order chi connectivity index (χ1) is 6.14. The highest BCUT2D eigenvalue weighted by molar-refractivity contribution is 6.06. The Morgan fingerprint density at radius 2 is 2.00 bits per heavy atom. The zero-order chi connectivity index (χ0) is 9.10. The summed E-state index contributed by atoms with van der Waals surface area (Å²) in [6, 6.07) is 0. The summed E-state index contributed by atoms with van der Waals surface area (Å²) in [6.45, 7) is 7.29. The average molecular weight is 182 g/mol. The highest BCUT2D eigenvalue weighted by Crippen LogP contribution is 2.41. The molecule has 1 spiro atoms. The molecule has 3 aliphatic rings. The van der Waals surface area contributed by atoms with Crippen molar-refractivity contribution in [3.63, 3.8) is 0 Å². The van der Waals surface area contributed by atoms with Crippen molar-refractivity contribution in [3.8, 4) is 0 Å². The molecule has 0 aliphatic carbocycles. The fourth-order valence-corrected chi connectivity index (χ4v) is 2.18. The average Bonchev–Trinajstić information content (AvgIpc) is 2.49. The summed E-state index contributed by atoms with van der Waals surface area (Å²) >= 11 is 0. The van der Waals surface area contributed by atoms with Crippen molar-refractivity contribution in [2.24, 2.45) is 4.99 Å². The van der Waals surface area contributed by atoms with Crippen LogP contribution in [-0.4, -0.2) is 48.4 Å². The van der Waals surface area contributed by atoms with E-state index in [2.05, 4.69) is 23.7 Å². The Bertz CT molecular complexity index is 279. The Labute approximate surface area is 77.5 Å². The zero-order valence-corrected chi connectivity index (χ0v) is 8.04. The van der Waals surface area contributed by atoms with Crippen LogP contribution in [0.25, 0.3) is 0 Å². The lowest BCUT2D eigenvalue weighted by molar-refractivity contribution is -0.155. The molecule has 2 fully saturated rings. The van der Waals surface area contributed by atoms with Crippen LogP contribution >= 0.6 is 0 Å². The van der Waals surface area contributed by atoms with Crippen LogP contribution in [0.15, 0.2) is 4.99 Å². The van der Waals surface area contributed by atoms with E-state index in [1.165, 1.54) is 5.84 Å². The predicted molar refractivity (Wildman–Crippen MR) is 47.7 cm³/mol. The molecule has 3 heterocycles. The molecule has 0 aromatic heterocycles. The summed E-state index contributed by atoms with van der Waals surface area (Å²) < 4.78 is 11.2. The number of fused-ring (bicyclic) bond motifs is 1. The summed E-state index contributed by atoms with van der Waals surface area (Å²) in [5, 5.41) is 0. The SMILES string of the molecule is CC1(C)C2=NCC3(CN21)OCCO3. The van der Waals surface area contributed by atoms with Crippen LogP contribution in [0.1, 0.15) is 13.8 Å². The van der Waals surface area contributed by atoms with Gasteiger partial charge in [0.15, 0.2) is 0 Å². The summed E-state index contributed by atoms with van der Waals surface area (Å²) in [5.41, 5.74) is 0.152. The maximum absolute atomic E-state index is 5.60. The van der Waals surface area contributed by atoms with Gasteiger partial charge in [0.05, 0.1) is 31.8 Å². The minimum absolute atomic E-state index is 0.152. The quantitative estimate of drug-likeness (QED) is 0.503. The van der Waals surface area contributed by atoms with Gasteiger partial charge in [-0.25, -0.2) is 0 Å². The standard InChI is InChI=1S/C9H14N2O2/c1-8(2)7-10-5-9(6-11(7)8)12-3-4-13-9/h3-6H2,1-2H3. The third kappa shape index (κ3) is 0.901. The van der Waals surface area contributed by atoms with Crippen molar-refractivity contribution in [1.82, 2.24) is 4.90 Å². The molecule has 4 nitrogen and oxygen atoms in total. The van der Waals surface area contributed by atoms with Gasteiger partial charge < -0.3 is 14.4 Å². The van der Waals surface area contributed by atoms with Gasteiger partial charge in [-0.1, -0.05) is 0 Å². The maximum Gasteiger partial charge on any atom is 0.206 e. The number of aliphatic imine (C=N–C) groups is 1. The topological polar surface area (TPSA) is 33.8 Å². The second kappa shape index (κ2) is 2.07. The van der Waals surface area contributed by atoms with E-state index >= 15 is 0 Å². The van der Waals surface area contributed by atoms with E-state index in [0.29, 0.717) is 19.8 Å². The second-order valence-corrected chi connectivity index (χ2v) is 4.39. The Kier molecular flexibility index (Phi) is 1.23. The summed E-state index contributed by atoms with van der Waals surface area (Å²) in [4.78, 5) is 6.74. The number of nitrogens with zero attached hydrogens (tertiary/aromatic N) is 2. The lowest BCUT2D eigenvalue weighted by Crippen LogP contribution is -2.44. The molecule has 0 aromatic rings. The third-order valence-electron chi connectivity index (χ3n) is 3.11. The van der Waals surface area contributed by atoms with E-state index in [-0.39, 0.29) is 5.54 Å². The molecular weight excluding hydrogens is 168 g/mol. The van der Waals surface area contributed by atoms with Crippen LogP contribution in [0.3, 0.4) is 0 Å². The molecular formula is C9H14N2O2. The highest BCUT2D eigenvalue weighted by atomic mass is 16.7. The molecule has 13 heavy (non-hydrogen) atoms. The fourth-order valence-electron chi connectivity index (χ4n) is 2.18. The normalized spacial score (nSPS) is 33.1. The Morgan fingerprint density at radius 1 is 1.31 bits per heavy atom. The summed E-state index contributed by atoms with van der Waals surface area (Å²) in [7, 11) is 0. The minimum atomic E-state index is -0.419. The van der Waals surface area contributed by atoms with Gasteiger partial charge in [-0.05, 0) is 13.8 Å². The first-order valence-electron chi connectivity index (χ1n) is 4.75. The van der Waals surface area contributed by atoms with E-state index in [1.54, 1.807) is 0 Å². The van der Waals surface area contributed by atoms with E-state index < -0.39 is 5.79 Å². The lowest BCUT2D eigenvalue weighted by Gasteiger charge is -2.28. The third-order valence-corrected chi connectivity index (χ3v) is 3.11. The van der Waals surface area contributed by atoms with Crippen molar-refractivity contribution < 1.29 is 9.47 Å². The smallest absolute Gasteiger partial charge is 0.206 e. The Morgan fingerprint density at radius 3 is 2.62 bits per heavy atom. The zero-order valence-electron chi connectivity index (χ0n) is 8.04. The van der Waals surface area contributed by atoms with Crippen molar-refractivity contribution in [1.29, 1.82) is 0 Å². The van der Waals surface area contributed by atoms with Crippen LogP contribution in [-0.2, 0) is 9.47 Å². The van der Waals surface area contributed by atoms with Crippen LogP contribution in [0, 0.1) is 0 Å². The van der Waals surface area contributed by atoms with Crippen molar-refractivity contribution >= 4 is 5.84 Å². The molecule has 3 aliphatic heterocycles.